The first-order valence-electron chi connectivity index (χ1n) is 9.38. The van der Waals surface area contributed by atoms with E-state index in [2.05, 4.69) is 4.90 Å². The second kappa shape index (κ2) is 11.0. The van der Waals surface area contributed by atoms with Gasteiger partial charge < -0.3 is 19.3 Å². The molecule has 154 valence electrons. The van der Waals surface area contributed by atoms with Crippen LogP contribution in [0.2, 0.25) is 0 Å². The molecule has 0 aliphatic rings. The van der Waals surface area contributed by atoms with Crippen molar-refractivity contribution < 1.29 is 23.7 Å². The fraction of sp³-hybridized carbons (Fsp3) is 0.455. The third-order valence-corrected chi connectivity index (χ3v) is 4.26. The van der Waals surface area contributed by atoms with Gasteiger partial charge in [0.15, 0.2) is 11.5 Å². The van der Waals surface area contributed by atoms with Crippen LogP contribution in [-0.2, 0) is 17.8 Å². The molecule has 2 aromatic rings. The lowest BCUT2D eigenvalue weighted by molar-refractivity contribution is -0.0106. The summed E-state index contributed by atoms with van der Waals surface area (Å²) in [6.07, 6.45) is -0.561. The van der Waals surface area contributed by atoms with E-state index >= 15 is 0 Å². The Balaban J connectivity index is 2.13. The summed E-state index contributed by atoms with van der Waals surface area (Å²) in [6.45, 7) is 5.74. The highest BCUT2D eigenvalue weighted by atomic mass is 19.1. The highest BCUT2D eigenvalue weighted by molar-refractivity contribution is 5.42. The van der Waals surface area contributed by atoms with Crippen LogP contribution in [0.1, 0.15) is 25.0 Å². The molecule has 0 aliphatic carbocycles. The Morgan fingerprint density at radius 3 is 2.14 bits per heavy atom. The maximum Gasteiger partial charge on any atom is 0.161 e. The first-order valence-corrected chi connectivity index (χ1v) is 9.38. The van der Waals surface area contributed by atoms with E-state index in [-0.39, 0.29) is 18.5 Å². The lowest BCUT2D eigenvalue weighted by atomic mass is 10.1. The Bertz CT molecular complexity index is 721. The summed E-state index contributed by atoms with van der Waals surface area (Å²) in [5.74, 6) is 1.06. The predicted molar refractivity (Wildman–Crippen MR) is 107 cm³/mol. The zero-order chi connectivity index (χ0) is 20.5. The van der Waals surface area contributed by atoms with Gasteiger partial charge in [0.25, 0.3) is 0 Å². The molecule has 0 aliphatic heterocycles. The molecule has 0 saturated heterocycles. The summed E-state index contributed by atoms with van der Waals surface area (Å²) >= 11 is 0. The number of nitrogens with zero attached hydrogens (tertiary/aromatic N) is 1. The van der Waals surface area contributed by atoms with Crippen LogP contribution in [0.15, 0.2) is 42.5 Å². The normalized spacial score (nSPS) is 12.4. The number of aliphatic hydroxyl groups excluding tert-OH is 1. The molecular formula is C22H30FNO4. The zero-order valence-electron chi connectivity index (χ0n) is 17.0. The van der Waals surface area contributed by atoms with Gasteiger partial charge in [-0.3, -0.25) is 4.90 Å². The molecule has 28 heavy (non-hydrogen) atoms. The Morgan fingerprint density at radius 1 is 0.929 bits per heavy atom. The first-order chi connectivity index (χ1) is 13.4. The van der Waals surface area contributed by atoms with Crippen LogP contribution in [0.25, 0.3) is 0 Å². The van der Waals surface area contributed by atoms with Crippen LogP contribution in [0, 0.1) is 5.82 Å². The molecule has 0 unspecified atom stereocenters. The Kier molecular flexibility index (Phi) is 8.70. The average molecular weight is 391 g/mol. The lowest BCUT2D eigenvalue weighted by Gasteiger charge is -2.26. The van der Waals surface area contributed by atoms with E-state index in [0.29, 0.717) is 31.1 Å². The van der Waals surface area contributed by atoms with Gasteiger partial charge in [-0.15, -0.1) is 0 Å². The molecule has 0 fully saturated rings. The fourth-order valence-electron chi connectivity index (χ4n) is 2.92. The molecule has 6 heteroatoms. The second-order valence-electron chi connectivity index (χ2n) is 7.02. The zero-order valence-corrected chi connectivity index (χ0v) is 17.0. The van der Waals surface area contributed by atoms with Crippen LogP contribution >= 0.6 is 0 Å². The summed E-state index contributed by atoms with van der Waals surface area (Å²) in [6, 6.07) is 12.2. The summed E-state index contributed by atoms with van der Waals surface area (Å²) in [7, 11) is 3.20. The maximum atomic E-state index is 13.2. The van der Waals surface area contributed by atoms with Crippen LogP contribution < -0.4 is 9.47 Å². The molecule has 1 atom stereocenters. The van der Waals surface area contributed by atoms with E-state index in [4.69, 9.17) is 14.2 Å². The van der Waals surface area contributed by atoms with Gasteiger partial charge in [-0.1, -0.05) is 18.2 Å². The first kappa shape index (κ1) is 22.1. The van der Waals surface area contributed by atoms with Gasteiger partial charge in [0, 0.05) is 19.6 Å². The maximum absolute atomic E-state index is 13.2. The molecule has 0 radical (unpaired) electrons. The number of hydrogen-bond donors (Lipinski definition) is 1. The average Bonchev–Trinajstić information content (AvgIpc) is 2.68. The minimum Gasteiger partial charge on any atom is -0.493 e. The number of methoxy groups -OCH3 is 2. The molecule has 1 N–H and O–H groups in total. The fourth-order valence-corrected chi connectivity index (χ4v) is 2.92. The third-order valence-electron chi connectivity index (χ3n) is 4.26. The van der Waals surface area contributed by atoms with Gasteiger partial charge in [-0.2, -0.15) is 0 Å². The number of rotatable bonds is 11. The van der Waals surface area contributed by atoms with Gasteiger partial charge >= 0.3 is 0 Å². The van der Waals surface area contributed by atoms with Crippen molar-refractivity contribution in [1.82, 2.24) is 4.90 Å². The van der Waals surface area contributed by atoms with Gasteiger partial charge in [-0.05, 0) is 49.2 Å². The van der Waals surface area contributed by atoms with Crippen molar-refractivity contribution >= 4 is 0 Å². The van der Waals surface area contributed by atoms with E-state index in [1.165, 1.54) is 12.1 Å². The van der Waals surface area contributed by atoms with E-state index in [1.807, 2.05) is 32.0 Å². The van der Waals surface area contributed by atoms with E-state index in [1.54, 1.807) is 26.4 Å². The summed E-state index contributed by atoms with van der Waals surface area (Å²) in [4.78, 5) is 2.10. The smallest absolute Gasteiger partial charge is 0.161 e. The monoisotopic (exact) mass is 391 g/mol. The number of hydrogen-bond acceptors (Lipinski definition) is 5. The van der Waals surface area contributed by atoms with Gasteiger partial charge in [0.2, 0.25) is 0 Å². The van der Waals surface area contributed by atoms with Crippen LogP contribution in [-0.4, -0.2) is 49.6 Å². The van der Waals surface area contributed by atoms with Crippen LogP contribution in [0.4, 0.5) is 4.39 Å². The number of halogens is 1. The molecular weight excluding hydrogens is 361 g/mol. The summed E-state index contributed by atoms with van der Waals surface area (Å²) < 4.78 is 29.4. The standard InChI is InChI=1S/C22H30FNO4/c1-16(2)28-15-20(25)14-24(12-17-5-8-19(23)9-6-17)13-18-7-10-21(26-3)22(11-18)27-4/h5-11,16,20,25H,12-15H2,1-4H3/t20-/m1/s1. The van der Waals surface area contributed by atoms with E-state index in [0.717, 1.165) is 11.1 Å². The Morgan fingerprint density at radius 2 is 1.54 bits per heavy atom. The largest absolute Gasteiger partial charge is 0.493 e. The van der Waals surface area contributed by atoms with Crippen molar-refractivity contribution in [2.45, 2.75) is 39.1 Å². The number of benzene rings is 2. The molecule has 0 spiro atoms. The highest BCUT2D eigenvalue weighted by Gasteiger charge is 2.15. The van der Waals surface area contributed by atoms with Gasteiger partial charge in [0.1, 0.15) is 5.82 Å². The van der Waals surface area contributed by atoms with Crippen molar-refractivity contribution in [2.75, 3.05) is 27.4 Å². The second-order valence-corrected chi connectivity index (χ2v) is 7.02. The summed E-state index contributed by atoms with van der Waals surface area (Å²) in [5, 5.41) is 10.4. The molecule has 2 rings (SSSR count). The van der Waals surface area contributed by atoms with Crippen molar-refractivity contribution in [3.05, 3.63) is 59.4 Å². The van der Waals surface area contributed by atoms with Crippen molar-refractivity contribution in [2.24, 2.45) is 0 Å². The van der Waals surface area contributed by atoms with E-state index in [9.17, 15) is 9.50 Å². The molecule has 5 nitrogen and oxygen atoms in total. The number of ether oxygens (including phenoxy) is 3. The van der Waals surface area contributed by atoms with Gasteiger partial charge in [0.05, 0.1) is 33.0 Å². The quantitative estimate of drug-likeness (QED) is 0.634. The topological polar surface area (TPSA) is 51.2 Å². The highest BCUT2D eigenvalue weighted by Crippen LogP contribution is 2.28. The lowest BCUT2D eigenvalue weighted by Crippen LogP contribution is -2.34. The van der Waals surface area contributed by atoms with E-state index < -0.39 is 6.10 Å². The minimum atomic E-state index is -0.622. The Labute approximate surface area is 166 Å². The summed E-state index contributed by atoms with van der Waals surface area (Å²) in [5.41, 5.74) is 2.00. The van der Waals surface area contributed by atoms with Crippen molar-refractivity contribution in [1.29, 1.82) is 0 Å². The van der Waals surface area contributed by atoms with Gasteiger partial charge in [-0.25, -0.2) is 4.39 Å². The molecule has 0 aromatic heterocycles. The molecule has 0 bridgehead atoms. The van der Waals surface area contributed by atoms with Crippen molar-refractivity contribution in [3.63, 3.8) is 0 Å². The molecule has 0 amide bonds. The predicted octanol–water partition coefficient (Wildman–Crippen LogP) is 3.63. The Hall–Kier alpha value is -2.15. The van der Waals surface area contributed by atoms with Crippen molar-refractivity contribution in [3.8, 4) is 11.5 Å². The molecule has 2 aromatic carbocycles. The molecule has 0 saturated carbocycles. The number of aliphatic hydroxyl groups is 1. The SMILES string of the molecule is COc1ccc(CN(Cc2ccc(F)cc2)C[C@@H](O)COC(C)C)cc1OC. The molecule has 0 heterocycles. The van der Waals surface area contributed by atoms with Crippen LogP contribution in [0.5, 0.6) is 11.5 Å². The van der Waals surface area contributed by atoms with Crippen LogP contribution in [0.3, 0.4) is 0 Å². The third kappa shape index (κ3) is 7.11. The minimum absolute atomic E-state index is 0.0612.